The first-order chi connectivity index (χ1) is 16.7. The summed E-state index contributed by atoms with van der Waals surface area (Å²) >= 11 is 0. The van der Waals surface area contributed by atoms with Crippen LogP contribution in [0.4, 0.5) is 0 Å². The third-order valence-electron chi connectivity index (χ3n) is 5.78. The molecule has 1 saturated carbocycles. The number of ether oxygens (including phenoxy) is 2. The van der Waals surface area contributed by atoms with Crippen LogP contribution in [0, 0.1) is 10.1 Å². The van der Waals surface area contributed by atoms with Gasteiger partial charge in [0.25, 0.3) is 5.09 Å². The smallest absolute Gasteiger partial charge is 0.294 e. The van der Waals surface area contributed by atoms with Crippen molar-refractivity contribution in [3.8, 4) is 5.75 Å². The van der Waals surface area contributed by atoms with Crippen molar-refractivity contribution < 1.29 is 24.2 Å². The number of rotatable bonds is 11. The van der Waals surface area contributed by atoms with Gasteiger partial charge in [-0.25, -0.2) is 0 Å². The van der Waals surface area contributed by atoms with E-state index in [1.165, 1.54) is 31.2 Å². The van der Waals surface area contributed by atoms with Gasteiger partial charge in [0.2, 0.25) is 0 Å². The number of aldehydes is 1. The van der Waals surface area contributed by atoms with Crippen LogP contribution < -0.4 is 10.1 Å². The number of nitrogens with one attached hydrogen (secondary N) is 1. The van der Waals surface area contributed by atoms with Crippen LogP contribution >= 0.6 is 0 Å². The molecule has 0 aromatic heterocycles. The fourth-order valence-corrected chi connectivity index (χ4v) is 3.82. The largest absolute Gasteiger partial charge is 0.491 e. The molecule has 0 aliphatic heterocycles. The van der Waals surface area contributed by atoms with E-state index in [0.717, 1.165) is 12.3 Å². The lowest BCUT2D eigenvalue weighted by Gasteiger charge is -2.25. The molecule has 0 radical (unpaired) electrons. The van der Waals surface area contributed by atoms with E-state index < -0.39 is 5.09 Å². The van der Waals surface area contributed by atoms with Gasteiger partial charge < -0.3 is 19.6 Å². The number of methoxy groups -OCH3 is 1. The Morgan fingerprint density at radius 3 is 2.34 bits per heavy atom. The summed E-state index contributed by atoms with van der Waals surface area (Å²) in [7, 11) is 1.75. The molecule has 8 nitrogen and oxygen atoms in total. The number of benzene rings is 2. The van der Waals surface area contributed by atoms with Crippen LogP contribution in [0.5, 0.6) is 5.75 Å². The molecule has 0 amide bonds. The van der Waals surface area contributed by atoms with Crippen LogP contribution in [0.15, 0.2) is 48.5 Å². The van der Waals surface area contributed by atoms with Gasteiger partial charge in [-0.15, -0.1) is 10.1 Å². The van der Waals surface area contributed by atoms with Gasteiger partial charge in [-0.3, -0.25) is 4.79 Å². The first-order valence-corrected chi connectivity index (χ1v) is 12.0. The number of para-hydroxylation sites is 1. The number of nitrogens with zero attached hydrogens (tertiary/aromatic N) is 1. The molecular weight excluding hydrogens is 448 g/mol. The fraction of sp³-hybridized carbons (Fsp3) is 0.519. The third-order valence-corrected chi connectivity index (χ3v) is 5.78. The molecule has 1 N–H and O–H groups in total. The van der Waals surface area contributed by atoms with E-state index in [1.54, 1.807) is 31.4 Å². The summed E-state index contributed by atoms with van der Waals surface area (Å²) in [5.41, 5.74) is 2.66. The van der Waals surface area contributed by atoms with Gasteiger partial charge >= 0.3 is 0 Å². The van der Waals surface area contributed by atoms with Crippen molar-refractivity contribution in [1.82, 2.24) is 5.32 Å². The Morgan fingerprint density at radius 2 is 1.77 bits per heavy atom. The van der Waals surface area contributed by atoms with Gasteiger partial charge in [0, 0.05) is 24.8 Å². The standard InChI is InChI=1S/C19H31NO2.C8H7NO4/c1-19(2,3)20-13-16(21-4)14-22-18-12-8-7-11-17(18)15-9-5-6-10-15;10-5-7-1-3-8(4-2-7)6-13-9(11)12/h7-8,11-12,15-16,20H,5-6,9-10,13-14H2,1-4H3;1-5H,6H2. The van der Waals surface area contributed by atoms with Crippen molar-refractivity contribution in [2.75, 3.05) is 20.3 Å². The topological polar surface area (TPSA) is 99.9 Å². The van der Waals surface area contributed by atoms with E-state index in [4.69, 9.17) is 9.47 Å². The summed E-state index contributed by atoms with van der Waals surface area (Å²) in [6, 6.07) is 14.9. The molecule has 1 aliphatic rings. The van der Waals surface area contributed by atoms with E-state index in [9.17, 15) is 14.9 Å². The number of hydrogen-bond donors (Lipinski definition) is 1. The highest BCUT2D eigenvalue weighted by atomic mass is 16.9. The van der Waals surface area contributed by atoms with E-state index in [-0.39, 0.29) is 18.2 Å². The highest BCUT2D eigenvalue weighted by molar-refractivity contribution is 5.74. The van der Waals surface area contributed by atoms with Gasteiger partial charge in [0.15, 0.2) is 0 Å². The molecule has 192 valence electrons. The molecule has 0 bridgehead atoms. The highest BCUT2D eigenvalue weighted by Crippen LogP contribution is 2.38. The first kappa shape index (κ1) is 28.3. The monoisotopic (exact) mass is 486 g/mol. The van der Waals surface area contributed by atoms with Crippen LogP contribution in [0.3, 0.4) is 0 Å². The second-order valence-electron chi connectivity index (χ2n) is 9.68. The van der Waals surface area contributed by atoms with Crippen molar-refractivity contribution in [1.29, 1.82) is 0 Å². The van der Waals surface area contributed by atoms with Gasteiger partial charge in [0.05, 0.1) is 0 Å². The lowest BCUT2D eigenvalue weighted by molar-refractivity contribution is -0.763. The van der Waals surface area contributed by atoms with Crippen molar-refractivity contribution in [3.05, 3.63) is 75.3 Å². The molecule has 0 saturated heterocycles. The predicted octanol–water partition coefficient (Wildman–Crippen LogP) is 5.33. The van der Waals surface area contributed by atoms with E-state index in [1.807, 2.05) is 0 Å². The minimum absolute atomic E-state index is 0.0656. The Balaban J connectivity index is 0.000000283. The summed E-state index contributed by atoms with van der Waals surface area (Å²) in [5.74, 6) is 1.71. The summed E-state index contributed by atoms with van der Waals surface area (Å²) in [6.45, 7) is 7.78. The Morgan fingerprint density at radius 1 is 1.11 bits per heavy atom. The minimum atomic E-state index is -0.854. The number of hydrogen-bond acceptors (Lipinski definition) is 7. The molecule has 0 spiro atoms. The van der Waals surface area contributed by atoms with Crippen LogP contribution in [-0.2, 0) is 16.2 Å². The Labute approximate surface area is 208 Å². The molecule has 1 fully saturated rings. The normalized spacial score (nSPS) is 14.5. The Hall–Kier alpha value is -2.97. The number of carbonyl (C=O) groups is 1. The fourth-order valence-electron chi connectivity index (χ4n) is 3.82. The van der Waals surface area contributed by atoms with Gasteiger partial charge in [0.1, 0.15) is 31.4 Å². The van der Waals surface area contributed by atoms with Crippen LogP contribution in [0.1, 0.15) is 73.9 Å². The summed E-state index contributed by atoms with van der Waals surface area (Å²) in [6.07, 6.45) is 6.04. The molecule has 1 atom stereocenters. The molecule has 8 heteroatoms. The minimum Gasteiger partial charge on any atom is -0.491 e. The van der Waals surface area contributed by atoms with Crippen molar-refractivity contribution >= 4 is 6.29 Å². The maximum Gasteiger partial charge on any atom is 0.294 e. The zero-order valence-corrected chi connectivity index (χ0v) is 21.2. The Bertz CT molecular complexity index is 905. The highest BCUT2D eigenvalue weighted by Gasteiger charge is 2.21. The van der Waals surface area contributed by atoms with Gasteiger partial charge in [-0.05, 0) is 56.7 Å². The zero-order chi connectivity index (χ0) is 25.7. The summed E-state index contributed by atoms with van der Waals surface area (Å²) in [5, 5.41) is 12.4. The predicted molar refractivity (Wildman–Crippen MR) is 135 cm³/mol. The quantitative estimate of drug-likeness (QED) is 0.260. The second kappa shape index (κ2) is 14.4. The molecule has 35 heavy (non-hydrogen) atoms. The SMILES string of the molecule is COC(CNC(C)(C)C)COc1ccccc1C1CCCC1.O=Cc1ccc(CO[N+](=O)[O-])cc1. The number of carbonyl (C=O) groups excluding carboxylic acids is 1. The molecule has 1 aliphatic carbocycles. The molecular formula is C27H38N2O6. The average Bonchev–Trinajstić information content (AvgIpc) is 3.38. The average molecular weight is 487 g/mol. The first-order valence-electron chi connectivity index (χ1n) is 12.0. The van der Waals surface area contributed by atoms with Crippen LogP contribution in [0.2, 0.25) is 0 Å². The Kier molecular flexibility index (Phi) is 11.7. The van der Waals surface area contributed by atoms with Crippen molar-refractivity contribution in [3.63, 3.8) is 0 Å². The molecule has 0 heterocycles. The molecule has 2 aromatic carbocycles. The maximum atomic E-state index is 10.2. The van der Waals surface area contributed by atoms with Gasteiger partial charge in [-0.2, -0.15) is 0 Å². The lowest BCUT2D eigenvalue weighted by atomic mass is 9.97. The summed E-state index contributed by atoms with van der Waals surface area (Å²) < 4.78 is 11.6. The summed E-state index contributed by atoms with van der Waals surface area (Å²) in [4.78, 5) is 24.2. The van der Waals surface area contributed by atoms with E-state index >= 15 is 0 Å². The van der Waals surface area contributed by atoms with Crippen molar-refractivity contribution in [2.45, 2.75) is 70.6 Å². The van der Waals surface area contributed by atoms with Crippen LogP contribution in [0.25, 0.3) is 0 Å². The molecule has 1 unspecified atom stereocenters. The lowest BCUT2D eigenvalue weighted by Crippen LogP contribution is -2.43. The van der Waals surface area contributed by atoms with Crippen molar-refractivity contribution in [2.24, 2.45) is 0 Å². The van der Waals surface area contributed by atoms with Crippen LogP contribution in [-0.4, -0.2) is 43.3 Å². The molecule has 2 aromatic rings. The zero-order valence-electron chi connectivity index (χ0n) is 21.2. The maximum absolute atomic E-state index is 10.2. The second-order valence-corrected chi connectivity index (χ2v) is 9.68. The van der Waals surface area contributed by atoms with Gasteiger partial charge in [-0.1, -0.05) is 55.3 Å². The molecule has 3 rings (SSSR count). The third kappa shape index (κ3) is 10.9. The van der Waals surface area contributed by atoms with E-state index in [2.05, 4.69) is 55.2 Å². The van der Waals surface area contributed by atoms with E-state index in [0.29, 0.717) is 29.9 Å².